The van der Waals surface area contributed by atoms with Gasteiger partial charge in [-0.15, -0.1) is 0 Å². The number of rotatable bonds is 2. The Hall–Kier alpha value is -1.68. The zero-order chi connectivity index (χ0) is 17.6. The standard InChI is InChI=1S/C20H27NO3/c1-11-10-12(2)16(14(4)13(11)3)17-18(22)20(21-19(17)23)8-6-15(24-5)7-9-20/h10,15,17H,6-9H2,1-5H3,(H,21,23). The van der Waals surface area contributed by atoms with Gasteiger partial charge in [-0.05, 0) is 81.2 Å². The Bertz CT molecular complexity index is 699. The van der Waals surface area contributed by atoms with Gasteiger partial charge in [-0.3, -0.25) is 9.59 Å². The Morgan fingerprint density at radius 2 is 1.67 bits per heavy atom. The summed E-state index contributed by atoms with van der Waals surface area (Å²) < 4.78 is 5.41. The number of hydrogen-bond acceptors (Lipinski definition) is 3. The van der Waals surface area contributed by atoms with Crippen molar-refractivity contribution in [3.63, 3.8) is 0 Å². The highest BCUT2D eigenvalue weighted by molar-refractivity contribution is 6.17. The maximum atomic E-state index is 13.3. The molecular formula is C20H27NO3. The largest absolute Gasteiger partial charge is 0.381 e. The van der Waals surface area contributed by atoms with Gasteiger partial charge >= 0.3 is 0 Å². The van der Waals surface area contributed by atoms with Gasteiger partial charge in [0.25, 0.3) is 0 Å². The van der Waals surface area contributed by atoms with Crippen LogP contribution in [0.3, 0.4) is 0 Å². The monoisotopic (exact) mass is 329 g/mol. The Kier molecular flexibility index (Phi) is 4.28. The minimum Gasteiger partial charge on any atom is -0.381 e. The van der Waals surface area contributed by atoms with E-state index in [0.29, 0.717) is 12.8 Å². The summed E-state index contributed by atoms with van der Waals surface area (Å²) in [5, 5.41) is 3.06. The van der Waals surface area contributed by atoms with Crippen molar-refractivity contribution in [3.05, 3.63) is 33.9 Å². The van der Waals surface area contributed by atoms with E-state index < -0.39 is 11.5 Å². The minimum absolute atomic E-state index is 0.0523. The molecule has 1 unspecified atom stereocenters. The van der Waals surface area contributed by atoms with E-state index in [1.54, 1.807) is 7.11 Å². The summed E-state index contributed by atoms with van der Waals surface area (Å²) in [6.07, 6.45) is 3.19. The average Bonchev–Trinajstić information content (AvgIpc) is 2.78. The first kappa shape index (κ1) is 17.2. The molecule has 1 aliphatic carbocycles. The number of hydrogen-bond donors (Lipinski definition) is 1. The number of carbonyl (C=O) groups is 2. The maximum Gasteiger partial charge on any atom is 0.235 e. The Balaban J connectivity index is 1.98. The van der Waals surface area contributed by atoms with Crippen LogP contribution in [0.1, 0.15) is 59.4 Å². The number of methoxy groups -OCH3 is 1. The summed E-state index contributed by atoms with van der Waals surface area (Å²) in [4.78, 5) is 26.0. The molecule has 2 fully saturated rings. The fourth-order valence-corrected chi connectivity index (χ4v) is 4.47. The molecule has 1 atom stereocenters. The molecule has 0 bridgehead atoms. The lowest BCUT2D eigenvalue weighted by molar-refractivity contribution is -0.126. The molecule has 1 saturated heterocycles. The van der Waals surface area contributed by atoms with E-state index in [1.165, 1.54) is 11.1 Å². The first-order valence-electron chi connectivity index (χ1n) is 8.77. The second-order valence-electron chi connectivity index (χ2n) is 7.48. The number of carbonyl (C=O) groups excluding carboxylic acids is 2. The van der Waals surface area contributed by atoms with Gasteiger partial charge in [0, 0.05) is 7.11 Å². The molecular weight excluding hydrogens is 302 g/mol. The molecule has 4 heteroatoms. The molecule has 24 heavy (non-hydrogen) atoms. The smallest absolute Gasteiger partial charge is 0.235 e. The first-order chi connectivity index (χ1) is 11.3. The van der Waals surface area contributed by atoms with E-state index in [-0.39, 0.29) is 17.8 Å². The number of amides is 1. The van der Waals surface area contributed by atoms with Crippen LogP contribution in [-0.2, 0) is 14.3 Å². The molecule has 1 N–H and O–H groups in total. The van der Waals surface area contributed by atoms with Crippen LogP contribution >= 0.6 is 0 Å². The number of nitrogens with one attached hydrogen (secondary N) is 1. The van der Waals surface area contributed by atoms with Crippen LogP contribution in [0.5, 0.6) is 0 Å². The van der Waals surface area contributed by atoms with Gasteiger partial charge in [0.05, 0.1) is 11.6 Å². The summed E-state index contributed by atoms with van der Waals surface area (Å²) in [6, 6.07) is 2.09. The third-order valence-electron chi connectivity index (χ3n) is 6.18. The van der Waals surface area contributed by atoms with E-state index in [9.17, 15) is 9.59 Å². The van der Waals surface area contributed by atoms with Crippen LogP contribution < -0.4 is 5.32 Å². The summed E-state index contributed by atoms with van der Waals surface area (Å²) in [6.45, 7) is 8.16. The van der Waals surface area contributed by atoms with Gasteiger partial charge in [0.1, 0.15) is 5.92 Å². The summed E-state index contributed by atoms with van der Waals surface area (Å²) >= 11 is 0. The number of ketones is 1. The van der Waals surface area contributed by atoms with Gasteiger partial charge in [-0.2, -0.15) is 0 Å². The predicted octanol–water partition coefficient (Wildman–Crippen LogP) is 3.03. The van der Waals surface area contributed by atoms with Crippen molar-refractivity contribution >= 4 is 11.7 Å². The Morgan fingerprint density at radius 3 is 2.25 bits per heavy atom. The molecule has 130 valence electrons. The fraction of sp³-hybridized carbons (Fsp3) is 0.600. The van der Waals surface area contributed by atoms with Crippen LogP contribution in [0, 0.1) is 27.7 Å². The number of ether oxygens (including phenoxy) is 1. The highest BCUT2D eigenvalue weighted by Crippen LogP contribution is 2.41. The van der Waals surface area contributed by atoms with Gasteiger partial charge < -0.3 is 10.1 Å². The topological polar surface area (TPSA) is 55.4 Å². The van der Waals surface area contributed by atoms with E-state index >= 15 is 0 Å². The lowest BCUT2D eigenvalue weighted by Gasteiger charge is -2.35. The van der Waals surface area contributed by atoms with E-state index in [1.807, 2.05) is 13.8 Å². The summed E-state index contributed by atoms with van der Waals surface area (Å²) in [5.41, 5.74) is 4.70. The first-order valence-corrected chi connectivity index (χ1v) is 8.77. The molecule has 3 rings (SSSR count). The zero-order valence-electron chi connectivity index (χ0n) is 15.3. The van der Waals surface area contributed by atoms with Crippen molar-refractivity contribution in [3.8, 4) is 0 Å². The van der Waals surface area contributed by atoms with Gasteiger partial charge in [0.2, 0.25) is 5.91 Å². The van der Waals surface area contributed by atoms with Crippen LogP contribution in [0.2, 0.25) is 0 Å². The highest BCUT2D eigenvalue weighted by atomic mass is 16.5. The Morgan fingerprint density at radius 1 is 1.04 bits per heavy atom. The third-order valence-corrected chi connectivity index (χ3v) is 6.18. The molecule has 4 nitrogen and oxygen atoms in total. The van der Waals surface area contributed by atoms with Crippen LogP contribution in [0.25, 0.3) is 0 Å². The Labute approximate surface area is 144 Å². The molecule has 0 aromatic heterocycles. The van der Waals surface area contributed by atoms with Crippen molar-refractivity contribution in [2.45, 2.75) is 70.9 Å². The van der Waals surface area contributed by atoms with Crippen molar-refractivity contribution in [2.24, 2.45) is 0 Å². The van der Waals surface area contributed by atoms with Crippen molar-refractivity contribution in [1.29, 1.82) is 0 Å². The molecule has 1 aromatic carbocycles. The summed E-state index contributed by atoms with van der Waals surface area (Å²) in [5.74, 6) is -0.745. The van der Waals surface area contributed by atoms with Gasteiger partial charge in [-0.1, -0.05) is 6.07 Å². The second-order valence-corrected chi connectivity index (χ2v) is 7.48. The average molecular weight is 329 g/mol. The molecule has 1 amide bonds. The molecule has 0 radical (unpaired) electrons. The minimum atomic E-state index is -0.686. The third kappa shape index (κ3) is 2.48. The lowest BCUT2D eigenvalue weighted by atomic mass is 9.74. The SMILES string of the molecule is COC1CCC2(CC1)NC(=O)C(c1c(C)cc(C)c(C)c1C)C2=O. The molecule has 1 heterocycles. The van der Waals surface area contributed by atoms with Crippen molar-refractivity contribution in [2.75, 3.05) is 7.11 Å². The van der Waals surface area contributed by atoms with Crippen molar-refractivity contribution < 1.29 is 14.3 Å². The van der Waals surface area contributed by atoms with E-state index in [0.717, 1.165) is 29.5 Å². The lowest BCUT2D eigenvalue weighted by Crippen LogP contribution is -2.50. The predicted molar refractivity (Wildman–Crippen MR) is 93.3 cm³/mol. The quantitative estimate of drug-likeness (QED) is 0.849. The normalized spacial score (nSPS) is 30.0. The van der Waals surface area contributed by atoms with E-state index in [4.69, 9.17) is 4.74 Å². The zero-order valence-corrected chi connectivity index (χ0v) is 15.3. The van der Waals surface area contributed by atoms with Crippen LogP contribution in [0.4, 0.5) is 0 Å². The maximum absolute atomic E-state index is 13.3. The van der Waals surface area contributed by atoms with Gasteiger partial charge in [0.15, 0.2) is 5.78 Å². The molecule has 1 spiro atoms. The number of aryl methyl sites for hydroxylation is 2. The molecule has 1 aliphatic heterocycles. The second kappa shape index (κ2) is 5.99. The molecule has 1 aromatic rings. The van der Waals surface area contributed by atoms with Crippen LogP contribution in [0.15, 0.2) is 6.07 Å². The van der Waals surface area contributed by atoms with Gasteiger partial charge in [-0.25, -0.2) is 0 Å². The number of benzene rings is 1. The number of Topliss-reactive ketones (excluding diaryl/α,β-unsaturated/α-hetero) is 1. The molecule has 2 aliphatic rings. The van der Waals surface area contributed by atoms with Crippen molar-refractivity contribution in [1.82, 2.24) is 5.32 Å². The highest BCUT2D eigenvalue weighted by Gasteiger charge is 2.54. The molecule has 1 saturated carbocycles. The fourth-order valence-electron chi connectivity index (χ4n) is 4.47. The summed E-state index contributed by atoms with van der Waals surface area (Å²) in [7, 11) is 1.71. The van der Waals surface area contributed by atoms with E-state index in [2.05, 4.69) is 25.2 Å². The van der Waals surface area contributed by atoms with Crippen LogP contribution in [-0.4, -0.2) is 30.4 Å².